The van der Waals surface area contributed by atoms with Crippen LogP contribution in [-0.4, -0.2) is 96.2 Å². The number of halogens is 1. The summed E-state index contributed by atoms with van der Waals surface area (Å²) >= 11 is 0. The Balaban J connectivity index is 1.38. The monoisotopic (exact) mass is 673 g/mol. The summed E-state index contributed by atoms with van der Waals surface area (Å²) in [5.41, 5.74) is 0.769. The number of carbonyl (C=O) groups excluding carboxylic acids is 5. The number of nitrogens with zero attached hydrogens (tertiary/aromatic N) is 3. The summed E-state index contributed by atoms with van der Waals surface area (Å²) in [5.74, 6) is -2.49. The molecule has 0 radical (unpaired) electrons. The Labute approximate surface area is 285 Å². The summed E-state index contributed by atoms with van der Waals surface area (Å²) in [6.07, 6.45) is 2.27. The molecule has 0 aromatic heterocycles. The minimum Gasteiger partial charge on any atom is -0.491 e. The number of unbranched alkanes of at least 4 members (excludes halogenated alkanes) is 1. The zero-order chi connectivity index (χ0) is 35.1. The molecule has 260 valence electrons. The first-order valence-corrected chi connectivity index (χ1v) is 16.8. The van der Waals surface area contributed by atoms with Gasteiger partial charge in [0.2, 0.25) is 23.6 Å². The Hall–Kier alpha value is -5.00. The fourth-order valence-corrected chi connectivity index (χ4v) is 6.42. The van der Waals surface area contributed by atoms with Gasteiger partial charge in [-0.3, -0.25) is 24.0 Å². The summed E-state index contributed by atoms with van der Waals surface area (Å²) in [4.78, 5) is 71.0. The van der Waals surface area contributed by atoms with E-state index in [4.69, 9.17) is 4.74 Å². The third kappa shape index (κ3) is 8.73. The van der Waals surface area contributed by atoms with E-state index in [2.05, 4.69) is 10.6 Å². The van der Waals surface area contributed by atoms with Gasteiger partial charge in [0.1, 0.15) is 24.2 Å². The van der Waals surface area contributed by atoms with E-state index in [1.807, 2.05) is 49.4 Å². The number of ether oxygens (including phenoxy) is 1. The number of rotatable bonds is 7. The van der Waals surface area contributed by atoms with Gasteiger partial charge in [-0.2, -0.15) is 0 Å². The smallest absolute Gasteiger partial charge is 0.258 e. The highest BCUT2D eigenvalue weighted by atomic mass is 19.1. The predicted octanol–water partition coefficient (Wildman–Crippen LogP) is 3.64. The first-order chi connectivity index (χ1) is 23.5. The third-order valence-electron chi connectivity index (χ3n) is 9.26. The lowest BCUT2D eigenvalue weighted by atomic mass is 10.0. The number of carbonyl (C=O) groups is 5. The molecule has 0 aliphatic carbocycles. The highest BCUT2D eigenvalue weighted by Crippen LogP contribution is 2.26. The Kier molecular flexibility index (Phi) is 11.5. The molecule has 2 aliphatic rings. The van der Waals surface area contributed by atoms with Crippen LogP contribution in [0.3, 0.4) is 0 Å². The van der Waals surface area contributed by atoms with E-state index in [0.29, 0.717) is 12.8 Å². The van der Waals surface area contributed by atoms with Crippen molar-refractivity contribution in [2.45, 2.75) is 70.1 Å². The third-order valence-corrected chi connectivity index (χ3v) is 9.26. The number of likely N-dealkylation sites (N-methyl/N-ethyl adjacent to an activating group) is 2. The van der Waals surface area contributed by atoms with Crippen LogP contribution in [0.25, 0.3) is 10.8 Å². The molecule has 3 aromatic rings. The molecule has 0 unspecified atom stereocenters. The maximum Gasteiger partial charge on any atom is 0.258 e. The Morgan fingerprint density at radius 1 is 0.980 bits per heavy atom. The molecule has 3 aromatic carbocycles. The average Bonchev–Trinajstić information content (AvgIpc) is 3.50. The maximum absolute atomic E-state index is 14.6. The molecule has 11 nitrogen and oxygen atoms in total. The molecule has 12 heteroatoms. The van der Waals surface area contributed by atoms with E-state index < -0.39 is 29.7 Å². The van der Waals surface area contributed by atoms with Crippen molar-refractivity contribution in [1.29, 1.82) is 0 Å². The van der Waals surface area contributed by atoms with Gasteiger partial charge in [-0.15, -0.1) is 0 Å². The molecule has 1 saturated heterocycles. The van der Waals surface area contributed by atoms with Gasteiger partial charge >= 0.3 is 0 Å². The molecule has 3 atom stereocenters. The van der Waals surface area contributed by atoms with Crippen LogP contribution < -0.4 is 15.4 Å². The number of nitrogens with one attached hydrogen (secondary N) is 2. The van der Waals surface area contributed by atoms with Gasteiger partial charge in [0.15, 0.2) is 0 Å². The van der Waals surface area contributed by atoms with Crippen molar-refractivity contribution < 1.29 is 33.1 Å². The fraction of sp³-hybridized carbons (Fsp3) is 0.432. The van der Waals surface area contributed by atoms with Gasteiger partial charge in [-0.05, 0) is 59.9 Å². The van der Waals surface area contributed by atoms with Gasteiger partial charge in [-0.1, -0.05) is 49.7 Å². The lowest BCUT2D eigenvalue weighted by Crippen LogP contribution is -2.48. The zero-order valence-electron chi connectivity index (χ0n) is 28.2. The normalized spacial score (nSPS) is 20.6. The lowest BCUT2D eigenvalue weighted by molar-refractivity contribution is -0.140. The molecule has 0 spiro atoms. The second kappa shape index (κ2) is 15.9. The molecule has 49 heavy (non-hydrogen) atoms. The van der Waals surface area contributed by atoms with Crippen LogP contribution in [0.5, 0.6) is 5.75 Å². The summed E-state index contributed by atoms with van der Waals surface area (Å²) in [5, 5.41) is 7.98. The fourth-order valence-electron chi connectivity index (χ4n) is 6.42. The largest absolute Gasteiger partial charge is 0.491 e. The highest BCUT2D eigenvalue weighted by molar-refractivity contribution is 5.99. The van der Waals surface area contributed by atoms with Crippen molar-refractivity contribution in [2.75, 3.05) is 33.8 Å². The second-order valence-electron chi connectivity index (χ2n) is 12.9. The van der Waals surface area contributed by atoms with Crippen LogP contribution in [0.15, 0.2) is 60.7 Å². The quantitative estimate of drug-likeness (QED) is 0.394. The predicted molar refractivity (Wildman–Crippen MR) is 182 cm³/mol. The first-order valence-electron chi connectivity index (χ1n) is 16.8. The molecule has 0 saturated carbocycles. The minimum atomic E-state index is -1.08. The molecule has 2 N–H and O–H groups in total. The Bertz CT molecular complexity index is 1720. The van der Waals surface area contributed by atoms with Gasteiger partial charge in [0.25, 0.3) is 5.91 Å². The van der Waals surface area contributed by atoms with Gasteiger partial charge in [0.05, 0.1) is 18.2 Å². The molecule has 5 amide bonds. The van der Waals surface area contributed by atoms with E-state index >= 15 is 0 Å². The number of hydrogen-bond acceptors (Lipinski definition) is 6. The van der Waals surface area contributed by atoms with Crippen molar-refractivity contribution in [3.8, 4) is 5.75 Å². The maximum atomic E-state index is 14.6. The molecule has 5 rings (SSSR count). The SMILES string of the molecule is CCCCC(=O)N[C@H]1C[C@H]2COc3ccc(F)cc3C(=O)N(C)[C@@H](C(=O)NCc3ccc4ccccc4c3)CCC(=O)N(C)CC(=O)N2C1. The van der Waals surface area contributed by atoms with E-state index in [-0.39, 0.29) is 74.2 Å². The van der Waals surface area contributed by atoms with Crippen LogP contribution in [-0.2, 0) is 25.7 Å². The van der Waals surface area contributed by atoms with E-state index in [9.17, 15) is 28.4 Å². The number of amides is 5. The summed E-state index contributed by atoms with van der Waals surface area (Å²) in [6, 6.07) is 15.4. The number of fused-ring (bicyclic) bond motifs is 3. The lowest BCUT2D eigenvalue weighted by Gasteiger charge is -2.28. The van der Waals surface area contributed by atoms with Crippen molar-refractivity contribution in [1.82, 2.24) is 25.3 Å². The van der Waals surface area contributed by atoms with E-state index in [1.54, 1.807) is 4.90 Å². The van der Waals surface area contributed by atoms with Crippen LogP contribution in [0.1, 0.15) is 61.4 Å². The standard InChI is InChI=1S/C37H44FN5O6/c1-4-5-10-33(44)40-28-19-29-23-49-32-15-13-27(38)18-30(32)37(48)42(3)31(14-16-34(45)41(2)22-35(46)43(29)21-28)36(47)39-20-24-11-12-25-8-6-7-9-26(25)17-24/h6-9,11-13,15,17-18,28-29,31H,4-5,10,14,16,19-23H2,1-3H3,(H,39,47)(H,40,44)/t28-,29-,31+/m0/s1. The number of hydrogen-bond donors (Lipinski definition) is 2. The first kappa shape index (κ1) is 35.3. The molecule has 2 heterocycles. The molecular formula is C37H44FN5O6. The summed E-state index contributed by atoms with van der Waals surface area (Å²) in [6.45, 7) is 2.19. The van der Waals surface area contributed by atoms with Crippen molar-refractivity contribution in [3.63, 3.8) is 0 Å². The Morgan fingerprint density at radius 3 is 2.53 bits per heavy atom. The summed E-state index contributed by atoms with van der Waals surface area (Å²) < 4.78 is 20.7. The van der Waals surface area contributed by atoms with Crippen LogP contribution >= 0.6 is 0 Å². The second-order valence-corrected chi connectivity index (χ2v) is 12.9. The number of benzene rings is 3. The minimum absolute atomic E-state index is 0.0317. The molecule has 1 fully saturated rings. The Morgan fingerprint density at radius 2 is 1.76 bits per heavy atom. The molecular weight excluding hydrogens is 629 g/mol. The van der Waals surface area contributed by atoms with Crippen molar-refractivity contribution >= 4 is 40.3 Å². The van der Waals surface area contributed by atoms with Gasteiger partial charge in [0, 0.05) is 46.1 Å². The average molecular weight is 674 g/mol. The topological polar surface area (TPSA) is 128 Å². The van der Waals surface area contributed by atoms with E-state index in [1.165, 1.54) is 36.0 Å². The van der Waals surface area contributed by atoms with Crippen molar-refractivity contribution in [2.24, 2.45) is 0 Å². The molecule has 0 bridgehead atoms. The zero-order valence-corrected chi connectivity index (χ0v) is 28.2. The van der Waals surface area contributed by atoms with Crippen molar-refractivity contribution in [3.05, 3.63) is 77.6 Å². The van der Waals surface area contributed by atoms with Gasteiger partial charge in [-0.25, -0.2) is 4.39 Å². The van der Waals surface area contributed by atoms with Gasteiger partial charge < -0.3 is 30.1 Å². The highest BCUT2D eigenvalue weighted by Gasteiger charge is 2.38. The van der Waals surface area contributed by atoms with Crippen LogP contribution in [0, 0.1) is 5.82 Å². The molecule has 2 aliphatic heterocycles. The summed E-state index contributed by atoms with van der Waals surface area (Å²) in [7, 11) is 2.96. The van der Waals surface area contributed by atoms with E-state index in [0.717, 1.165) is 35.2 Å². The van der Waals surface area contributed by atoms with Crippen LogP contribution in [0.2, 0.25) is 0 Å². The van der Waals surface area contributed by atoms with Crippen LogP contribution in [0.4, 0.5) is 4.39 Å².